The fourth-order valence-corrected chi connectivity index (χ4v) is 2.83. The Morgan fingerprint density at radius 3 is 2.88 bits per heavy atom. The Kier molecular flexibility index (Phi) is 5.82. The van der Waals surface area contributed by atoms with Gasteiger partial charge in [0.25, 0.3) is 0 Å². The summed E-state index contributed by atoms with van der Waals surface area (Å²) >= 11 is 0. The summed E-state index contributed by atoms with van der Waals surface area (Å²) in [7, 11) is 1.64. The summed E-state index contributed by atoms with van der Waals surface area (Å²) in [4.78, 5) is 10.6. The molecule has 0 saturated heterocycles. The minimum Gasteiger partial charge on any atom is -0.493 e. The van der Waals surface area contributed by atoms with Gasteiger partial charge >= 0.3 is 0 Å². The smallest absolute Gasteiger partial charge is 0.163 e. The molecule has 3 rings (SSSR count). The molecule has 24 heavy (non-hydrogen) atoms. The van der Waals surface area contributed by atoms with Crippen LogP contribution >= 0.6 is 0 Å². The molecule has 1 N–H and O–H groups in total. The summed E-state index contributed by atoms with van der Waals surface area (Å²) in [5, 5.41) is 10.1. The van der Waals surface area contributed by atoms with E-state index in [4.69, 9.17) is 9.47 Å². The highest BCUT2D eigenvalue weighted by molar-refractivity contribution is 5.81. The third kappa shape index (κ3) is 4.55. The molecule has 1 heterocycles. The zero-order chi connectivity index (χ0) is 16.8. The Morgan fingerprint density at radius 2 is 2.12 bits per heavy atom. The Bertz CT molecular complexity index is 661. The molecule has 0 amide bonds. The lowest BCUT2D eigenvalue weighted by Gasteiger charge is -2.21. The second-order valence-electron chi connectivity index (χ2n) is 6.25. The van der Waals surface area contributed by atoms with E-state index >= 15 is 0 Å². The highest BCUT2D eigenvalue weighted by Crippen LogP contribution is 2.31. The van der Waals surface area contributed by atoms with Crippen molar-refractivity contribution in [3.05, 3.63) is 24.7 Å². The molecule has 130 valence electrons. The number of hydrogen-bond acceptors (Lipinski definition) is 6. The molecule has 0 unspecified atom stereocenters. The maximum Gasteiger partial charge on any atom is 0.163 e. The average Bonchev–Trinajstić information content (AvgIpc) is 3.42. The number of nitrogens with zero attached hydrogens (tertiary/aromatic N) is 3. The molecule has 0 spiro atoms. The van der Waals surface area contributed by atoms with Gasteiger partial charge in [-0.3, -0.25) is 0 Å². The van der Waals surface area contributed by atoms with Gasteiger partial charge in [-0.25, -0.2) is 9.97 Å². The maximum absolute atomic E-state index is 9.17. The zero-order valence-electron chi connectivity index (χ0n) is 14.1. The third-order valence-corrected chi connectivity index (χ3v) is 4.30. The van der Waals surface area contributed by atoms with Gasteiger partial charge in [0, 0.05) is 37.3 Å². The van der Waals surface area contributed by atoms with Crippen LogP contribution in [0.4, 0.5) is 0 Å². The van der Waals surface area contributed by atoms with Crippen molar-refractivity contribution in [1.82, 2.24) is 14.9 Å². The second-order valence-corrected chi connectivity index (χ2v) is 6.25. The highest BCUT2D eigenvalue weighted by atomic mass is 16.5. The van der Waals surface area contributed by atoms with Gasteiger partial charge < -0.3 is 19.5 Å². The van der Waals surface area contributed by atoms with E-state index in [9.17, 15) is 5.11 Å². The molecule has 1 fully saturated rings. The number of fused-ring (bicyclic) bond motifs is 1. The summed E-state index contributed by atoms with van der Waals surface area (Å²) in [5.74, 6) is 2.24. The van der Waals surface area contributed by atoms with Crippen molar-refractivity contribution in [2.24, 2.45) is 5.92 Å². The average molecular weight is 331 g/mol. The fourth-order valence-electron chi connectivity index (χ4n) is 2.83. The van der Waals surface area contributed by atoms with Crippen LogP contribution in [0.2, 0.25) is 0 Å². The lowest BCUT2D eigenvalue weighted by Crippen LogP contribution is -2.30. The highest BCUT2D eigenvalue weighted by Gasteiger charge is 2.23. The SMILES string of the molecule is COc1cc2cncnc2cc1OCCCN(CCO)CC1CC1. The first-order valence-corrected chi connectivity index (χ1v) is 8.54. The number of benzene rings is 1. The van der Waals surface area contributed by atoms with Crippen LogP contribution in [0.5, 0.6) is 11.5 Å². The molecule has 0 atom stereocenters. The van der Waals surface area contributed by atoms with Gasteiger partial charge in [-0.05, 0) is 31.2 Å². The molecular formula is C18H25N3O3. The standard InChI is InChI=1S/C18H25N3O3/c1-23-17-9-15-11-19-13-20-16(15)10-18(17)24-8-2-5-21(6-7-22)12-14-3-4-14/h9-11,13-14,22H,2-8,12H2,1H3. The summed E-state index contributed by atoms with van der Waals surface area (Å²) in [5.41, 5.74) is 0.844. The van der Waals surface area contributed by atoms with E-state index in [0.717, 1.165) is 42.9 Å². The van der Waals surface area contributed by atoms with Crippen LogP contribution in [0.15, 0.2) is 24.7 Å². The van der Waals surface area contributed by atoms with Gasteiger partial charge in [0.2, 0.25) is 0 Å². The third-order valence-electron chi connectivity index (χ3n) is 4.30. The van der Waals surface area contributed by atoms with Crippen LogP contribution in [-0.2, 0) is 0 Å². The topological polar surface area (TPSA) is 67.7 Å². The number of aliphatic hydroxyl groups excluding tert-OH is 1. The van der Waals surface area contributed by atoms with Gasteiger partial charge in [0.15, 0.2) is 11.5 Å². The molecule has 1 aliphatic carbocycles. The number of aromatic nitrogens is 2. The summed E-state index contributed by atoms with van der Waals surface area (Å²) in [6.07, 6.45) is 6.86. The van der Waals surface area contributed by atoms with E-state index in [1.165, 1.54) is 19.2 Å². The zero-order valence-corrected chi connectivity index (χ0v) is 14.1. The number of hydrogen-bond donors (Lipinski definition) is 1. The molecular weight excluding hydrogens is 306 g/mol. The Morgan fingerprint density at radius 1 is 1.25 bits per heavy atom. The normalized spacial score (nSPS) is 14.3. The fraction of sp³-hybridized carbons (Fsp3) is 0.556. The van der Waals surface area contributed by atoms with Gasteiger partial charge in [0.1, 0.15) is 6.33 Å². The van der Waals surface area contributed by atoms with E-state index in [2.05, 4.69) is 14.9 Å². The summed E-state index contributed by atoms with van der Waals surface area (Å²) in [6.45, 7) is 3.60. The van der Waals surface area contributed by atoms with Crippen molar-refractivity contribution >= 4 is 10.9 Å². The maximum atomic E-state index is 9.17. The van der Waals surface area contributed by atoms with Crippen LogP contribution in [0.25, 0.3) is 10.9 Å². The van der Waals surface area contributed by atoms with Gasteiger partial charge in [-0.1, -0.05) is 0 Å². The van der Waals surface area contributed by atoms with Crippen molar-refractivity contribution in [2.75, 3.05) is 40.0 Å². The Balaban J connectivity index is 1.54. The van der Waals surface area contributed by atoms with Crippen molar-refractivity contribution in [3.63, 3.8) is 0 Å². The first-order valence-electron chi connectivity index (χ1n) is 8.54. The molecule has 1 saturated carbocycles. The van der Waals surface area contributed by atoms with Crippen molar-refractivity contribution in [3.8, 4) is 11.5 Å². The molecule has 1 aromatic carbocycles. The molecule has 0 aliphatic heterocycles. The molecule has 0 radical (unpaired) electrons. The van der Waals surface area contributed by atoms with E-state index in [0.29, 0.717) is 18.1 Å². The van der Waals surface area contributed by atoms with Crippen molar-refractivity contribution in [1.29, 1.82) is 0 Å². The minimum absolute atomic E-state index is 0.214. The lowest BCUT2D eigenvalue weighted by atomic mass is 10.2. The lowest BCUT2D eigenvalue weighted by molar-refractivity contribution is 0.177. The van der Waals surface area contributed by atoms with Crippen LogP contribution in [0, 0.1) is 5.92 Å². The van der Waals surface area contributed by atoms with Gasteiger partial charge in [-0.15, -0.1) is 0 Å². The van der Waals surface area contributed by atoms with Crippen LogP contribution in [0.1, 0.15) is 19.3 Å². The molecule has 2 aromatic rings. The van der Waals surface area contributed by atoms with Crippen LogP contribution < -0.4 is 9.47 Å². The van der Waals surface area contributed by atoms with Gasteiger partial charge in [0.05, 0.1) is 25.8 Å². The molecule has 1 aliphatic rings. The largest absolute Gasteiger partial charge is 0.493 e. The number of aliphatic hydroxyl groups is 1. The molecule has 0 bridgehead atoms. The number of ether oxygens (including phenoxy) is 2. The monoisotopic (exact) mass is 331 g/mol. The quantitative estimate of drug-likeness (QED) is 0.673. The number of methoxy groups -OCH3 is 1. The van der Waals surface area contributed by atoms with Crippen LogP contribution in [0.3, 0.4) is 0 Å². The molecule has 6 nitrogen and oxygen atoms in total. The minimum atomic E-state index is 0.214. The summed E-state index contributed by atoms with van der Waals surface area (Å²) < 4.78 is 11.3. The van der Waals surface area contributed by atoms with Crippen molar-refractivity contribution < 1.29 is 14.6 Å². The first-order chi connectivity index (χ1) is 11.8. The van der Waals surface area contributed by atoms with E-state index in [-0.39, 0.29) is 6.61 Å². The predicted molar refractivity (Wildman–Crippen MR) is 92.5 cm³/mol. The predicted octanol–water partition coefficient (Wildman–Crippen LogP) is 2.11. The van der Waals surface area contributed by atoms with Crippen molar-refractivity contribution in [2.45, 2.75) is 19.3 Å². The second kappa shape index (κ2) is 8.26. The molecule has 1 aromatic heterocycles. The molecule has 6 heteroatoms. The Hall–Kier alpha value is -1.92. The first kappa shape index (κ1) is 16.9. The van der Waals surface area contributed by atoms with E-state index in [1.54, 1.807) is 13.3 Å². The van der Waals surface area contributed by atoms with E-state index < -0.39 is 0 Å². The summed E-state index contributed by atoms with van der Waals surface area (Å²) in [6, 6.07) is 3.79. The number of rotatable bonds is 10. The Labute approximate surface area is 142 Å². The van der Waals surface area contributed by atoms with E-state index in [1.807, 2.05) is 12.1 Å². The van der Waals surface area contributed by atoms with Crippen LogP contribution in [-0.4, -0.2) is 59.9 Å². The van der Waals surface area contributed by atoms with Gasteiger partial charge in [-0.2, -0.15) is 0 Å².